The molecule has 7 nitrogen and oxygen atoms in total. The van der Waals surface area contributed by atoms with Crippen LogP contribution < -0.4 is 4.90 Å². The van der Waals surface area contributed by atoms with E-state index in [1.807, 2.05) is 0 Å². The largest absolute Gasteiger partial charge is 0.447 e. The molecule has 2 heterocycles. The number of benzene rings is 1. The summed E-state index contributed by atoms with van der Waals surface area (Å²) in [4.78, 5) is 27.6. The van der Waals surface area contributed by atoms with E-state index in [0.717, 1.165) is 0 Å². The first-order valence-corrected chi connectivity index (χ1v) is 7.53. The van der Waals surface area contributed by atoms with Crippen molar-refractivity contribution in [2.75, 3.05) is 45.4 Å². The lowest BCUT2D eigenvalue weighted by molar-refractivity contribution is -0.00461. The molecule has 3 rings (SSSR count). The molecule has 0 aliphatic carbocycles. The number of carbonyl (C=O) groups is 2. The number of nitrogens with zero attached hydrogens (tertiary/aromatic N) is 2. The number of ether oxygens (including phenoxy) is 3. The third kappa shape index (κ3) is 3.02. The number of anilines is 1. The molecule has 7 heteroatoms. The maximum absolute atomic E-state index is 12.7. The molecule has 1 aromatic carbocycles. The Labute approximate surface area is 134 Å². The molecule has 0 unspecified atom stereocenters. The second-order valence-electron chi connectivity index (χ2n) is 5.57. The zero-order valence-corrected chi connectivity index (χ0v) is 13.2. The number of methoxy groups -OCH3 is 2. The monoisotopic (exact) mass is 320 g/mol. The van der Waals surface area contributed by atoms with Crippen molar-refractivity contribution in [3.8, 4) is 0 Å². The average molecular weight is 320 g/mol. The Morgan fingerprint density at radius 1 is 1.22 bits per heavy atom. The van der Waals surface area contributed by atoms with Gasteiger partial charge in [-0.3, -0.25) is 9.69 Å². The molecular weight excluding hydrogens is 300 g/mol. The number of hydrogen-bond acceptors (Lipinski definition) is 5. The zero-order chi connectivity index (χ0) is 16.4. The quantitative estimate of drug-likeness (QED) is 0.832. The molecule has 2 fully saturated rings. The van der Waals surface area contributed by atoms with Gasteiger partial charge in [0.2, 0.25) is 0 Å². The minimum Gasteiger partial charge on any atom is -0.447 e. The number of hydrogen-bond donors (Lipinski definition) is 0. The van der Waals surface area contributed by atoms with E-state index in [1.165, 1.54) is 4.90 Å². The van der Waals surface area contributed by atoms with Crippen LogP contribution in [0.4, 0.5) is 10.5 Å². The molecule has 2 aliphatic rings. The third-order valence-electron chi connectivity index (χ3n) is 4.27. The number of amides is 2. The van der Waals surface area contributed by atoms with Crippen LogP contribution in [0.3, 0.4) is 0 Å². The molecule has 2 atom stereocenters. The van der Waals surface area contributed by atoms with E-state index in [2.05, 4.69) is 0 Å². The molecule has 23 heavy (non-hydrogen) atoms. The first kappa shape index (κ1) is 15.8. The third-order valence-corrected chi connectivity index (χ3v) is 4.27. The first-order valence-electron chi connectivity index (χ1n) is 7.53. The van der Waals surface area contributed by atoms with E-state index in [-0.39, 0.29) is 24.2 Å². The van der Waals surface area contributed by atoms with Crippen molar-refractivity contribution in [1.29, 1.82) is 0 Å². The summed E-state index contributed by atoms with van der Waals surface area (Å²) in [6.45, 7) is 1.85. The van der Waals surface area contributed by atoms with E-state index in [0.29, 0.717) is 37.5 Å². The summed E-state index contributed by atoms with van der Waals surface area (Å²) in [5.41, 5.74) is 1.21. The summed E-state index contributed by atoms with van der Waals surface area (Å²) in [6, 6.07) is 7.03. The first-order chi connectivity index (χ1) is 11.1. The highest BCUT2D eigenvalue weighted by atomic mass is 16.6. The fourth-order valence-corrected chi connectivity index (χ4v) is 2.98. The van der Waals surface area contributed by atoms with Crippen LogP contribution in [0, 0.1) is 0 Å². The van der Waals surface area contributed by atoms with Gasteiger partial charge in [0.15, 0.2) is 0 Å². The van der Waals surface area contributed by atoms with Crippen LogP contribution in [0.15, 0.2) is 24.3 Å². The molecule has 0 saturated carbocycles. The lowest BCUT2D eigenvalue weighted by atomic mass is 10.1. The molecule has 1 aromatic rings. The smallest absolute Gasteiger partial charge is 0.414 e. The number of rotatable bonds is 4. The van der Waals surface area contributed by atoms with Crippen LogP contribution in [0.25, 0.3) is 0 Å². The zero-order valence-electron chi connectivity index (χ0n) is 13.2. The molecule has 2 aliphatic heterocycles. The minimum atomic E-state index is -0.380. The average Bonchev–Trinajstić information content (AvgIpc) is 3.19. The molecule has 2 amide bonds. The summed E-state index contributed by atoms with van der Waals surface area (Å²) < 4.78 is 15.7. The Bertz CT molecular complexity index is 594. The number of likely N-dealkylation sites (tertiary alicyclic amines) is 1. The van der Waals surface area contributed by atoms with Gasteiger partial charge in [0.1, 0.15) is 18.8 Å². The topological polar surface area (TPSA) is 68.3 Å². The summed E-state index contributed by atoms with van der Waals surface area (Å²) in [5, 5.41) is 0. The van der Waals surface area contributed by atoms with E-state index < -0.39 is 0 Å². The molecule has 2 saturated heterocycles. The van der Waals surface area contributed by atoms with Gasteiger partial charge in [0, 0.05) is 38.6 Å². The normalized spacial score (nSPS) is 24.2. The highest BCUT2D eigenvalue weighted by molar-refractivity contribution is 5.97. The molecule has 0 spiro atoms. The predicted molar refractivity (Wildman–Crippen MR) is 82.6 cm³/mol. The molecule has 0 radical (unpaired) electrons. The maximum atomic E-state index is 12.7. The van der Waals surface area contributed by atoms with Gasteiger partial charge in [-0.05, 0) is 18.2 Å². The molecule has 0 bridgehead atoms. The number of carbonyl (C=O) groups excluding carboxylic acids is 2. The van der Waals surface area contributed by atoms with Crippen LogP contribution >= 0.6 is 0 Å². The Morgan fingerprint density at radius 2 is 1.91 bits per heavy atom. The number of cyclic esters (lactones) is 1. The fourth-order valence-electron chi connectivity index (χ4n) is 2.98. The molecular formula is C16H20N2O5. The van der Waals surface area contributed by atoms with E-state index in [4.69, 9.17) is 14.2 Å². The highest BCUT2D eigenvalue weighted by Crippen LogP contribution is 2.23. The van der Waals surface area contributed by atoms with E-state index >= 15 is 0 Å². The second kappa shape index (κ2) is 6.55. The van der Waals surface area contributed by atoms with Gasteiger partial charge in [0.25, 0.3) is 5.91 Å². The predicted octanol–water partition coefficient (Wildman–Crippen LogP) is 1.13. The van der Waals surface area contributed by atoms with Crippen molar-refractivity contribution in [3.63, 3.8) is 0 Å². The second-order valence-corrected chi connectivity index (χ2v) is 5.57. The van der Waals surface area contributed by atoms with E-state index in [1.54, 1.807) is 43.4 Å². The highest BCUT2D eigenvalue weighted by Gasteiger charge is 2.36. The standard InChI is InChI=1S/C16H20N2O5/c1-21-13-9-17(10-14(13)22-2)15(19)11-4-3-5-12(8-11)18-6-7-23-16(18)20/h3-5,8,13-14H,6-7,9-10H2,1-2H3/t13-,14-/m1/s1. The summed E-state index contributed by atoms with van der Waals surface area (Å²) >= 11 is 0. The van der Waals surface area contributed by atoms with Gasteiger partial charge in [-0.2, -0.15) is 0 Å². The van der Waals surface area contributed by atoms with E-state index in [9.17, 15) is 9.59 Å². The lowest BCUT2D eigenvalue weighted by Crippen LogP contribution is -2.30. The van der Waals surface area contributed by atoms with Crippen molar-refractivity contribution < 1.29 is 23.8 Å². The van der Waals surface area contributed by atoms with Crippen LogP contribution in [-0.4, -0.2) is 69.6 Å². The minimum absolute atomic E-state index is 0.0963. The Balaban J connectivity index is 1.77. The summed E-state index contributed by atoms with van der Waals surface area (Å²) in [6.07, 6.45) is -0.629. The maximum Gasteiger partial charge on any atom is 0.414 e. The Hall–Kier alpha value is -2.12. The Morgan fingerprint density at radius 3 is 2.48 bits per heavy atom. The van der Waals surface area contributed by atoms with Gasteiger partial charge in [-0.25, -0.2) is 4.79 Å². The van der Waals surface area contributed by atoms with Crippen LogP contribution in [0.1, 0.15) is 10.4 Å². The van der Waals surface area contributed by atoms with Gasteiger partial charge in [0.05, 0.1) is 6.54 Å². The molecule has 0 aromatic heterocycles. The van der Waals surface area contributed by atoms with Crippen molar-refractivity contribution >= 4 is 17.7 Å². The SMILES string of the molecule is CO[C@@H]1CN(C(=O)c2cccc(N3CCOC3=O)c2)C[C@H]1OC. The van der Waals surface area contributed by atoms with Gasteiger partial charge in [-0.15, -0.1) is 0 Å². The fraction of sp³-hybridized carbons (Fsp3) is 0.500. The molecule has 0 N–H and O–H groups in total. The van der Waals surface area contributed by atoms with Crippen molar-refractivity contribution in [2.24, 2.45) is 0 Å². The van der Waals surface area contributed by atoms with Crippen molar-refractivity contribution in [2.45, 2.75) is 12.2 Å². The van der Waals surface area contributed by atoms with Gasteiger partial charge < -0.3 is 19.1 Å². The van der Waals surface area contributed by atoms with Crippen LogP contribution in [0.5, 0.6) is 0 Å². The molecule has 124 valence electrons. The summed E-state index contributed by atoms with van der Waals surface area (Å²) in [5.74, 6) is -0.0963. The van der Waals surface area contributed by atoms with Crippen molar-refractivity contribution in [1.82, 2.24) is 4.90 Å². The Kier molecular flexibility index (Phi) is 4.49. The van der Waals surface area contributed by atoms with Crippen LogP contribution in [-0.2, 0) is 14.2 Å². The van der Waals surface area contributed by atoms with Crippen molar-refractivity contribution in [3.05, 3.63) is 29.8 Å². The van der Waals surface area contributed by atoms with Crippen LogP contribution in [0.2, 0.25) is 0 Å². The van der Waals surface area contributed by atoms with Gasteiger partial charge in [-0.1, -0.05) is 6.07 Å². The van der Waals surface area contributed by atoms with Gasteiger partial charge >= 0.3 is 6.09 Å². The summed E-state index contributed by atoms with van der Waals surface area (Å²) in [7, 11) is 3.23. The lowest BCUT2D eigenvalue weighted by Gasteiger charge is -2.18.